The zero-order valence-corrected chi connectivity index (χ0v) is 5.66. The second-order valence-electron chi connectivity index (χ2n) is 2.18. The molecule has 1 aromatic carbocycles. The van der Waals surface area contributed by atoms with Crippen LogP contribution in [-0.4, -0.2) is 9.97 Å². The molecule has 3 nitrogen and oxygen atoms in total. The van der Waals surface area contributed by atoms with Gasteiger partial charge in [-0.25, -0.2) is 4.98 Å². The number of benzene rings is 1. The summed E-state index contributed by atoms with van der Waals surface area (Å²) in [6, 6.07) is 8.25. The van der Waals surface area contributed by atoms with Gasteiger partial charge in [-0.05, 0) is 6.07 Å². The van der Waals surface area contributed by atoms with Crippen LogP contribution in [0.1, 0.15) is 0 Å². The lowest BCUT2D eigenvalue weighted by Crippen LogP contribution is -2.04. The highest BCUT2D eigenvalue weighted by atomic mass is 16.1. The van der Waals surface area contributed by atoms with Crippen LogP contribution in [0.25, 0.3) is 11.0 Å². The third-order valence-electron chi connectivity index (χ3n) is 1.40. The number of para-hydroxylation sites is 1. The molecule has 0 aliphatic heterocycles. The Labute approximate surface area is 62.7 Å². The van der Waals surface area contributed by atoms with Gasteiger partial charge in [-0.3, -0.25) is 4.79 Å². The van der Waals surface area contributed by atoms with E-state index < -0.39 is 0 Å². The SMILES string of the molecule is O=c1cnc2[c]cccc2[nH]1. The number of aromatic amines is 1. The fourth-order valence-corrected chi connectivity index (χ4v) is 0.924. The Balaban J connectivity index is 2.94. The molecular weight excluding hydrogens is 140 g/mol. The van der Waals surface area contributed by atoms with E-state index in [1.165, 1.54) is 6.20 Å². The summed E-state index contributed by atoms with van der Waals surface area (Å²) < 4.78 is 0. The molecule has 1 heterocycles. The van der Waals surface area contributed by atoms with Gasteiger partial charge in [0.2, 0.25) is 0 Å². The van der Waals surface area contributed by atoms with Crippen LogP contribution >= 0.6 is 0 Å². The van der Waals surface area contributed by atoms with Crippen LogP contribution in [0.3, 0.4) is 0 Å². The Hall–Kier alpha value is -1.64. The molecule has 2 aromatic rings. The van der Waals surface area contributed by atoms with E-state index in [1.807, 2.05) is 0 Å². The monoisotopic (exact) mass is 145 g/mol. The van der Waals surface area contributed by atoms with Crippen molar-refractivity contribution in [3.05, 3.63) is 40.8 Å². The smallest absolute Gasteiger partial charge is 0.266 e. The highest BCUT2D eigenvalue weighted by Crippen LogP contribution is 2.02. The van der Waals surface area contributed by atoms with Crippen LogP contribution in [0, 0.1) is 6.07 Å². The number of aromatic nitrogens is 2. The van der Waals surface area contributed by atoms with Gasteiger partial charge in [0.1, 0.15) is 0 Å². The number of nitrogens with zero attached hydrogens (tertiary/aromatic N) is 1. The van der Waals surface area contributed by atoms with E-state index in [0.717, 1.165) is 5.52 Å². The normalized spacial score (nSPS) is 10.2. The van der Waals surface area contributed by atoms with Crippen molar-refractivity contribution in [1.29, 1.82) is 0 Å². The second-order valence-corrected chi connectivity index (χ2v) is 2.18. The maximum Gasteiger partial charge on any atom is 0.266 e. The molecule has 0 atom stereocenters. The van der Waals surface area contributed by atoms with Gasteiger partial charge >= 0.3 is 0 Å². The minimum Gasteiger partial charge on any atom is -0.319 e. The fourth-order valence-electron chi connectivity index (χ4n) is 0.924. The van der Waals surface area contributed by atoms with Crippen LogP contribution in [0.5, 0.6) is 0 Å². The van der Waals surface area contributed by atoms with Crippen molar-refractivity contribution in [2.75, 3.05) is 0 Å². The third-order valence-corrected chi connectivity index (χ3v) is 1.40. The van der Waals surface area contributed by atoms with E-state index in [2.05, 4.69) is 16.0 Å². The summed E-state index contributed by atoms with van der Waals surface area (Å²) >= 11 is 0. The van der Waals surface area contributed by atoms with Crippen LogP contribution in [-0.2, 0) is 0 Å². The van der Waals surface area contributed by atoms with Gasteiger partial charge in [0.25, 0.3) is 5.56 Å². The van der Waals surface area contributed by atoms with Crippen molar-refractivity contribution in [2.45, 2.75) is 0 Å². The third kappa shape index (κ3) is 1.00. The van der Waals surface area contributed by atoms with Gasteiger partial charge in [0.15, 0.2) is 0 Å². The van der Waals surface area contributed by atoms with Crippen LogP contribution in [0.4, 0.5) is 0 Å². The molecule has 1 N–H and O–H groups in total. The number of nitrogens with one attached hydrogen (secondary N) is 1. The lowest BCUT2D eigenvalue weighted by Gasteiger charge is -1.91. The topological polar surface area (TPSA) is 45.8 Å². The zero-order chi connectivity index (χ0) is 7.68. The fraction of sp³-hybridized carbons (Fsp3) is 0. The zero-order valence-electron chi connectivity index (χ0n) is 5.66. The summed E-state index contributed by atoms with van der Waals surface area (Å²) in [5.74, 6) is 0. The largest absolute Gasteiger partial charge is 0.319 e. The average molecular weight is 145 g/mol. The van der Waals surface area contributed by atoms with Gasteiger partial charge in [-0.2, -0.15) is 0 Å². The Morgan fingerprint density at radius 1 is 1.55 bits per heavy atom. The molecule has 0 amide bonds. The summed E-state index contributed by atoms with van der Waals surface area (Å²) in [7, 11) is 0. The summed E-state index contributed by atoms with van der Waals surface area (Å²) in [4.78, 5) is 17.3. The van der Waals surface area contributed by atoms with Crippen molar-refractivity contribution >= 4 is 11.0 Å². The molecule has 0 fully saturated rings. The molecular formula is C8H5N2O. The van der Waals surface area contributed by atoms with Crippen molar-refractivity contribution in [3.8, 4) is 0 Å². The first-order chi connectivity index (χ1) is 5.36. The van der Waals surface area contributed by atoms with E-state index in [1.54, 1.807) is 18.2 Å². The number of rotatable bonds is 0. The Bertz CT molecular complexity index is 433. The average Bonchev–Trinajstić information content (AvgIpc) is 2.04. The summed E-state index contributed by atoms with van der Waals surface area (Å²) in [6.07, 6.45) is 1.25. The van der Waals surface area contributed by atoms with Gasteiger partial charge < -0.3 is 4.98 Å². The minimum absolute atomic E-state index is 0.183. The Morgan fingerprint density at radius 2 is 2.45 bits per heavy atom. The van der Waals surface area contributed by atoms with Crippen LogP contribution in [0.2, 0.25) is 0 Å². The minimum atomic E-state index is -0.183. The lowest BCUT2D eigenvalue weighted by molar-refractivity contribution is 1.22. The van der Waals surface area contributed by atoms with E-state index >= 15 is 0 Å². The first-order valence-corrected chi connectivity index (χ1v) is 3.22. The van der Waals surface area contributed by atoms with Gasteiger partial charge in [-0.1, -0.05) is 12.1 Å². The van der Waals surface area contributed by atoms with Gasteiger partial charge in [0.05, 0.1) is 17.2 Å². The van der Waals surface area contributed by atoms with E-state index in [9.17, 15) is 4.79 Å². The first-order valence-electron chi connectivity index (χ1n) is 3.22. The molecule has 11 heavy (non-hydrogen) atoms. The predicted octanol–water partition coefficient (Wildman–Crippen LogP) is 0.723. The van der Waals surface area contributed by atoms with Gasteiger partial charge in [0, 0.05) is 6.07 Å². The van der Waals surface area contributed by atoms with Crippen molar-refractivity contribution in [2.24, 2.45) is 0 Å². The van der Waals surface area contributed by atoms with Crippen LogP contribution < -0.4 is 5.56 Å². The summed E-state index contributed by atoms with van der Waals surface area (Å²) in [5.41, 5.74) is 1.23. The number of hydrogen-bond acceptors (Lipinski definition) is 2. The van der Waals surface area contributed by atoms with Crippen molar-refractivity contribution < 1.29 is 0 Å². The second kappa shape index (κ2) is 2.20. The van der Waals surface area contributed by atoms with E-state index in [4.69, 9.17) is 0 Å². The first kappa shape index (κ1) is 6.09. The Morgan fingerprint density at radius 3 is 3.36 bits per heavy atom. The summed E-state index contributed by atoms with van der Waals surface area (Å²) in [6.45, 7) is 0. The van der Waals surface area contributed by atoms with Gasteiger partial charge in [-0.15, -0.1) is 0 Å². The maximum absolute atomic E-state index is 10.8. The number of H-pyrrole nitrogens is 1. The number of fused-ring (bicyclic) bond motifs is 1. The molecule has 0 saturated heterocycles. The molecule has 0 saturated carbocycles. The lowest BCUT2D eigenvalue weighted by atomic mass is 10.3. The molecule has 0 aliphatic rings. The molecule has 0 bridgehead atoms. The van der Waals surface area contributed by atoms with Crippen molar-refractivity contribution in [3.63, 3.8) is 0 Å². The highest BCUT2D eigenvalue weighted by molar-refractivity contribution is 5.72. The van der Waals surface area contributed by atoms with E-state index in [0.29, 0.717) is 5.52 Å². The molecule has 2 rings (SSSR count). The molecule has 1 aromatic heterocycles. The molecule has 3 heteroatoms. The quantitative estimate of drug-likeness (QED) is 0.593. The van der Waals surface area contributed by atoms with Crippen molar-refractivity contribution in [1.82, 2.24) is 9.97 Å². The molecule has 1 radical (unpaired) electrons. The summed E-state index contributed by atoms with van der Waals surface area (Å²) in [5, 5.41) is 0. The molecule has 0 unspecified atom stereocenters. The van der Waals surface area contributed by atoms with Crippen LogP contribution in [0.15, 0.2) is 29.2 Å². The van der Waals surface area contributed by atoms with E-state index in [-0.39, 0.29) is 5.56 Å². The number of hydrogen-bond donors (Lipinski definition) is 1. The predicted molar refractivity (Wildman–Crippen MR) is 41.2 cm³/mol. The molecule has 0 spiro atoms. The molecule has 0 aliphatic carbocycles. The Kier molecular flexibility index (Phi) is 1.22. The maximum atomic E-state index is 10.8. The molecule has 53 valence electrons. The highest BCUT2D eigenvalue weighted by Gasteiger charge is 1.91. The standard InChI is InChI=1S/C8H5N2O/c11-8-5-9-6-3-1-2-4-7(6)10-8/h1-2,4-5H,(H,10,11).